The van der Waals surface area contributed by atoms with Crippen molar-refractivity contribution in [1.82, 2.24) is 4.98 Å². The van der Waals surface area contributed by atoms with Gasteiger partial charge in [0.05, 0.1) is 0 Å². The third-order valence-electron chi connectivity index (χ3n) is 5.97. The zero-order chi connectivity index (χ0) is 22.1. The first kappa shape index (κ1) is 20.0. The Morgan fingerprint density at radius 2 is 1.78 bits per heavy atom. The lowest BCUT2D eigenvalue weighted by Crippen LogP contribution is -2.11. The fourth-order valence-electron chi connectivity index (χ4n) is 3.87. The number of nitrogens with one attached hydrogen (secondary N) is 1. The highest BCUT2D eigenvalue weighted by Gasteiger charge is 2.13. The molecule has 1 atom stereocenters. The second kappa shape index (κ2) is 8.31. The first-order valence-electron chi connectivity index (χ1n) is 10.9. The van der Waals surface area contributed by atoms with Crippen LogP contribution in [-0.4, -0.2) is 10.9 Å². The maximum atomic E-state index is 12.8. The third kappa shape index (κ3) is 3.87. The predicted octanol–water partition coefficient (Wildman–Crippen LogP) is 7.41. The van der Waals surface area contributed by atoms with Crippen molar-refractivity contribution in [3.8, 4) is 11.5 Å². The predicted molar refractivity (Wildman–Crippen MR) is 130 cm³/mol. The van der Waals surface area contributed by atoms with Crippen LogP contribution in [0.25, 0.3) is 33.3 Å². The first-order valence-corrected chi connectivity index (χ1v) is 10.9. The molecule has 1 amide bonds. The van der Waals surface area contributed by atoms with Gasteiger partial charge in [-0.25, -0.2) is 4.98 Å². The Hall–Kier alpha value is -3.92. The van der Waals surface area contributed by atoms with E-state index in [4.69, 9.17) is 9.40 Å². The summed E-state index contributed by atoms with van der Waals surface area (Å²) in [4.78, 5) is 17.5. The molecule has 0 aliphatic rings. The molecule has 0 unspecified atom stereocenters. The summed E-state index contributed by atoms with van der Waals surface area (Å²) in [6, 6.07) is 27.5. The van der Waals surface area contributed by atoms with Gasteiger partial charge in [0.25, 0.3) is 5.91 Å². The Balaban J connectivity index is 1.40. The fourth-order valence-corrected chi connectivity index (χ4v) is 3.87. The zero-order valence-corrected chi connectivity index (χ0v) is 18.1. The molecule has 5 aromatic rings. The number of carbonyl (C=O) groups excluding carboxylic acids is 1. The van der Waals surface area contributed by atoms with Gasteiger partial charge in [-0.15, -0.1) is 0 Å². The second-order valence-corrected chi connectivity index (χ2v) is 8.15. The smallest absolute Gasteiger partial charge is 0.255 e. The molecule has 1 heterocycles. The van der Waals surface area contributed by atoms with Crippen LogP contribution in [0.15, 0.2) is 89.3 Å². The van der Waals surface area contributed by atoms with Gasteiger partial charge in [0.2, 0.25) is 5.89 Å². The average molecular weight is 421 g/mol. The van der Waals surface area contributed by atoms with E-state index >= 15 is 0 Å². The van der Waals surface area contributed by atoms with E-state index in [0.717, 1.165) is 33.9 Å². The van der Waals surface area contributed by atoms with Crippen molar-refractivity contribution in [3.63, 3.8) is 0 Å². The van der Waals surface area contributed by atoms with Crippen molar-refractivity contribution >= 4 is 33.5 Å². The minimum absolute atomic E-state index is 0.149. The van der Waals surface area contributed by atoms with Gasteiger partial charge >= 0.3 is 0 Å². The Labute approximate surface area is 186 Å². The van der Waals surface area contributed by atoms with Crippen molar-refractivity contribution in [2.24, 2.45) is 0 Å². The lowest BCUT2D eigenvalue weighted by molar-refractivity contribution is 0.102. The molecule has 1 aromatic heterocycles. The number of nitrogens with zero attached hydrogens (tertiary/aromatic N) is 1. The van der Waals surface area contributed by atoms with Crippen LogP contribution in [0.4, 0.5) is 5.69 Å². The molecule has 32 heavy (non-hydrogen) atoms. The highest BCUT2D eigenvalue weighted by atomic mass is 16.3. The lowest BCUT2D eigenvalue weighted by Gasteiger charge is -2.07. The summed E-state index contributed by atoms with van der Waals surface area (Å²) < 4.78 is 5.99. The highest BCUT2D eigenvalue weighted by molar-refractivity contribution is 6.06. The molecular weight excluding hydrogens is 396 g/mol. The van der Waals surface area contributed by atoms with Crippen molar-refractivity contribution < 1.29 is 9.21 Å². The summed E-state index contributed by atoms with van der Waals surface area (Å²) in [5.41, 5.74) is 5.01. The van der Waals surface area contributed by atoms with Gasteiger partial charge in [0.1, 0.15) is 5.52 Å². The maximum Gasteiger partial charge on any atom is 0.255 e. The number of benzene rings is 4. The topological polar surface area (TPSA) is 55.1 Å². The molecule has 1 N–H and O–H groups in total. The van der Waals surface area contributed by atoms with E-state index in [0.29, 0.717) is 23.1 Å². The maximum absolute atomic E-state index is 12.8. The van der Waals surface area contributed by atoms with E-state index in [1.54, 1.807) is 0 Å². The summed E-state index contributed by atoms with van der Waals surface area (Å²) >= 11 is 0. The molecule has 0 bridgehead atoms. The summed E-state index contributed by atoms with van der Waals surface area (Å²) in [6.07, 6.45) is 1.08. The molecule has 4 aromatic carbocycles. The normalized spacial score (nSPS) is 12.2. The molecule has 4 heteroatoms. The average Bonchev–Trinajstić information content (AvgIpc) is 3.27. The van der Waals surface area contributed by atoms with Gasteiger partial charge in [-0.05, 0) is 71.1 Å². The number of anilines is 1. The Morgan fingerprint density at radius 3 is 2.62 bits per heavy atom. The molecule has 0 radical (unpaired) electrons. The number of rotatable bonds is 5. The third-order valence-corrected chi connectivity index (χ3v) is 5.97. The van der Waals surface area contributed by atoms with Crippen molar-refractivity contribution in [3.05, 3.63) is 96.1 Å². The van der Waals surface area contributed by atoms with Crippen molar-refractivity contribution in [1.29, 1.82) is 0 Å². The van der Waals surface area contributed by atoms with Crippen LogP contribution in [0.5, 0.6) is 0 Å². The van der Waals surface area contributed by atoms with Crippen LogP contribution in [0.1, 0.15) is 42.1 Å². The van der Waals surface area contributed by atoms with Crippen LogP contribution in [0.3, 0.4) is 0 Å². The van der Waals surface area contributed by atoms with Crippen LogP contribution < -0.4 is 5.32 Å². The van der Waals surface area contributed by atoms with E-state index in [-0.39, 0.29) is 5.91 Å². The molecule has 0 aliphatic carbocycles. The SMILES string of the molecule is CC[C@@H](C)c1ccc2oc(-c3cccc(NC(=O)c4ccc5ccccc5c4)c3)nc2c1. The van der Waals surface area contributed by atoms with Crippen molar-refractivity contribution in [2.45, 2.75) is 26.2 Å². The number of carbonyl (C=O) groups is 1. The van der Waals surface area contributed by atoms with Gasteiger partial charge in [0.15, 0.2) is 5.58 Å². The zero-order valence-electron chi connectivity index (χ0n) is 18.1. The lowest BCUT2D eigenvalue weighted by atomic mass is 9.98. The van der Waals surface area contributed by atoms with E-state index in [1.807, 2.05) is 72.8 Å². The van der Waals surface area contributed by atoms with E-state index in [9.17, 15) is 4.79 Å². The molecule has 5 rings (SSSR count). The van der Waals surface area contributed by atoms with Gasteiger partial charge in [-0.3, -0.25) is 4.79 Å². The van der Waals surface area contributed by atoms with Gasteiger partial charge in [0, 0.05) is 16.8 Å². The minimum atomic E-state index is -0.149. The summed E-state index contributed by atoms with van der Waals surface area (Å²) in [6.45, 7) is 4.39. The van der Waals surface area contributed by atoms with Crippen LogP contribution in [0, 0.1) is 0 Å². The van der Waals surface area contributed by atoms with Crippen molar-refractivity contribution in [2.75, 3.05) is 5.32 Å². The number of aromatic nitrogens is 1. The number of oxazole rings is 1. The Kier molecular flexibility index (Phi) is 5.20. The molecular formula is C28H24N2O2. The monoisotopic (exact) mass is 420 g/mol. The summed E-state index contributed by atoms with van der Waals surface area (Å²) in [7, 11) is 0. The molecule has 0 spiro atoms. The standard InChI is InChI=1S/C28H24N2O2/c1-3-18(2)20-13-14-26-25(17-20)30-28(32-26)23-9-6-10-24(16-23)29-27(31)22-12-11-19-7-4-5-8-21(19)15-22/h4-18H,3H2,1-2H3,(H,29,31)/t18-/m1/s1. The summed E-state index contributed by atoms with van der Waals surface area (Å²) in [5, 5.41) is 5.14. The van der Waals surface area contributed by atoms with E-state index in [2.05, 4.69) is 31.3 Å². The number of fused-ring (bicyclic) bond motifs is 2. The molecule has 0 aliphatic heterocycles. The Bertz CT molecular complexity index is 1430. The minimum Gasteiger partial charge on any atom is -0.436 e. The number of amides is 1. The summed E-state index contributed by atoms with van der Waals surface area (Å²) in [5.74, 6) is 0.875. The second-order valence-electron chi connectivity index (χ2n) is 8.15. The highest BCUT2D eigenvalue weighted by Crippen LogP contribution is 2.29. The number of hydrogen-bond acceptors (Lipinski definition) is 3. The van der Waals surface area contributed by atoms with Gasteiger partial charge in [-0.2, -0.15) is 0 Å². The largest absolute Gasteiger partial charge is 0.436 e. The molecule has 0 saturated carbocycles. The molecule has 0 fully saturated rings. The number of hydrogen-bond donors (Lipinski definition) is 1. The molecule has 158 valence electrons. The first-order chi connectivity index (χ1) is 15.6. The van der Waals surface area contributed by atoms with E-state index in [1.165, 1.54) is 5.56 Å². The molecule has 0 saturated heterocycles. The van der Waals surface area contributed by atoms with Crippen LogP contribution >= 0.6 is 0 Å². The van der Waals surface area contributed by atoms with Crippen LogP contribution in [-0.2, 0) is 0 Å². The van der Waals surface area contributed by atoms with Crippen LogP contribution in [0.2, 0.25) is 0 Å². The Morgan fingerprint density at radius 1 is 0.938 bits per heavy atom. The van der Waals surface area contributed by atoms with E-state index < -0.39 is 0 Å². The quantitative estimate of drug-likeness (QED) is 0.322. The molecule has 4 nitrogen and oxygen atoms in total. The fraction of sp³-hybridized carbons (Fsp3) is 0.143. The van der Waals surface area contributed by atoms with Gasteiger partial charge < -0.3 is 9.73 Å². The van der Waals surface area contributed by atoms with Gasteiger partial charge in [-0.1, -0.05) is 56.3 Å².